The number of fused-ring (bicyclic) bond motifs is 1. The Kier molecular flexibility index (Phi) is 11.2. The topological polar surface area (TPSA) is 125 Å². The molecule has 40 heavy (non-hydrogen) atoms. The van der Waals surface area contributed by atoms with Crippen molar-refractivity contribution in [2.24, 2.45) is 0 Å². The van der Waals surface area contributed by atoms with E-state index in [1.807, 2.05) is 66.7 Å². The molecule has 10 nitrogen and oxygen atoms in total. The van der Waals surface area contributed by atoms with E-state index in [1.165, 1.54) is 14.0 Å². The third kappa shape index (κ3) is 9.25. The number of carbonyl (C=O) groups excluding carboxylic acids is 4. The molecular weight excluding hydrogens is 514 g/mol. The molecule has 0 saturated heterocycles. The Balaban J connectivity index is 1.43. The molecule has 0 radical (unpaired) electrons. The lowest BCUT2D eigenvalue weighted by molar-refractivity contribution is -0.159. The monoisotopic (exact) mass is 547 g/mol. The number of unbranched alkanes of at least 4 members (excludes halogenated alkanes) is 1. The number of hydrogen-bond acceptors (Lipinski definition) is 7. The predicted molar refractivity (Wildman–Crippen MR) is 149 cm³/mol. The quantitative estimate of drug-likeness (QED) is 0.111. The third-order valence-electron chi connectivity index (χ3n) is 6.10. The summed E-state index contributed by atoms with van der Waals surface area (Å²) in [4.78, 5) is 49.0. The summed E-state index contributed by atoms with van der Waals surface area (Å²) in [6.45, 7) is 2.46. The summed E-state index contributed by atoms with van der Waals surface area (Å²) in [5.41, 5.74) is 2.39. The number of carbonyl (C=O) groups is 4. The molecule has 210 valence electrons. The lowest BCUT2D eigenvalue weighted by atomic mass is 10.1. The molecule has 0 aliphatic carbocycles. The Labute approximate surface area is 232 Å². The summed E-state index contributed by atoms with van der Waals surface area (Å²) in [5.74, 6) is -1.53. The molecular formula is C30H33N3O7. The van der Waals surface area contributed by atoms with Crippen LogP contribution < -0.4 is 5.32 Å². The first-order valence-electron chi connectivity index (χ1n) is 12.8. The number of hydroxylamine groups is 2. The van der Waals surface area contributed by atoms with Crippen molar-refractivity contribution in [1.29, 1.82) is 0 Å². The van der Waals surface area contributed by atoms with E-state index in [4.69, 9.17) is 4.74 Å². The first-order chi connectivity index (χ1) is 19.3. The fourth-order valence-corrected chi connectivity index (χ4v) is 3.91. The van der Waals surface area contributed by atoms with Gasteiger partial charge in [-0.2, -0.15) is 0 Å². The molecule has 0 aliphatic heterocycles. The Morgan fingerprint density at radius 3 is 2.27 bits per heavy atom. The van der Waals surface area contributed by atoms with Crippen LogP contribution in [0, 0.1) is 0 Å². The van der Waals surface area contributed by atoms with E-state index >= 15 is 0 Å². The Bertz CT molecular complexity index is 1350. The van der Waals surface area contributed by atoms with Gasteiger partial charge in [-0.15, -0.1) is 0 Å². The molecule has 3 aromatic carbocycles. The highest BCUT2D eigenvalue weighted by molar-refractivity contribution is 6.00. The minimum atomic E-state index is -0.732. The van der Waals surface area contributed by atoms with Crippen LogP contribution in [0.1, 0.15) is 30.9 Å². The van der Waals surface area contributed by atoms with Crippen molar-refractivity contribution in [3.63, 3.8) is 0 Å². The largest absolute Gasteiger partial charge is 0.466 e. The van der Waals surface area contributed by atoms with Crippen LogP contribution in [0.3, 0.4) is 0 Å². The van der Waals surface area contributed by atoms with E-state index in [2.05, 4.69) is 10.1 Å². The van der Waals surface area contributed by atoms with Gasteiger partial charge in [-0.05, 0) is 35.4 Å². The Morgan fingerprint density at radius 2 is 1.55 bits per heavy atom. The van der Waals surface area contributed by atoms with Crippen molar-refractivity contribution in [2.75, 3.05) is 25.5 Å². The van der Waals surface area contributed by atoms with Crippen LogP contribution in [0.5, 0.6) is 0 Å². The number of esters is 1. The number of nitrogens with zero attached hydrogens (tertiary/aromatic N) is 2. The SMILES string of the molecule is COC(=O)/C=C/C(=O)N(O)CCCCN(Cc1ccc(COC(=O)Nc2cccc3ccccc23)cc1)C(C)=O. The zero-order valence-electron chi connectivity index (χ0n) is 22.5. The number of hydrogen-bond donors (Lipinski definition) is 2. The second-order valence-electron chi connectivity index (χ2n) is 9.01. The third-order valence-corrected chi connectivity index (χ3v) is 6.10. The van der Waals surface area contributed by atoms with E-state index in [0.29, 0.717) is 36.7 Å². The number of amides is 3. The molecule has 0 heterocycles. The van der Waals surface area contributed by atoms with Gasteiger partial charge in [0.25, 0.3) is 5.91 Å². The van der Waals surface area contributed by atoms with Crippen molar-refractivity contribution in [2.45, 2.75) is 32.9 Å². The molecule has 0 saturated carbocycles. The molecule has 3 amide bonds. The summed E-state index contributed by atoms with van der Waals surface area (Å²) in [6.07, 6.45) is 2.32. The van der Waals surface area contributed by atoms with Gasteiger partial charge >= 0.3 is 12.1 Å². The zero-order valence-corrected chi connectivity index (χ0v) is 22.5. The molecule has 10 heteroatoms. The summed E-state index contributed by atoms with van der Waals surface area (Å²) in [7, 11) is 1.19. The minimum absolute atomic E-state index is 0.0544. The van der Waals surface area contributed by atoms with Crippen LogP contribution in [0.25, 0.3) is 10.8 Å². The maximum Gasteiger partial charge on any atom is 0.411 e. The lowest BCUT2D eigenvalue weighted by Gasteiger charge is -2.22. The fourth-order valence-electron chi connectivity index (χ4n) is 3.91. The van der Waals surface area contributed by atoms with Crippen molar-refractivity contribution in [3.05, 3.63) is 90.0 Å². The minimum Gasteiger partial charge on any atom is -0.466 e. The molecule has 0 aliphatic rings. The first kappa shape index (κ1) is 29.9. The maximum atomic E-state index is 12.4. The van der Waals surface area contributed by atoms with E-state index in [1.54, 1.807) is 4.90 Å². The first-order valence-corrected chi connectivity index (χ1v) is 12.8. The predicted octanol–water partition coefficient (Wildman–Crippen LogP) is 4.66. The standard InChI is InChI=1S/C30H33N3O7/c1-22(34)32(18-5-6-19-33(38)28(35)16-17-29(36)39-2)20-23-12-14-24(15-13-23)21-40-30(37)31-27-11-7-9-25-8-3-4-10-26(25)27/h3-4,7-17,38H,5-6,18-21H2,1-2H3,(H,31,37)/b17-16+. The average Bonchev–Trinajstić information content (AvgIpc) is 2.96. The van der Waals surface area contributed by atoms with Crippen LogP contribution >= 0.6 is 0 Å². The normalized spacial score (nSPS) is 10.8. The smallest absolute Gasteiger partial charge is 0.411 e. The van der Waals surface area contributed by atoms with Crippen LogP contribution in [0.4, 0.5) is 10.5 Å². The van der Waals surface area contributed by atoms with E-state index in [9.17, 15) is 24.4 Å². The van der Waals surface area contributed by atoms with Crippen molar-refractivity contribution in [3.8, 4) is 0 Å². The number of methoxy groups -OCH3 is 1. The molecule has 3 aromatic rings. The van der Waals surface area contributed by atoms with Gasteiger partial charge in [0.2, 0.25) is 5.91 Å². The van der Waals surface area contributed by atoms with E-state index in [0.717, 1.165) is 34.1 Å². The van der Waals surface area contributed by atoms with Crippen LogP contribution in [0.15, 0.2) is 78.9 Å². The highest BCUT2D eigenvalue weighted by Crippen LogP contribution is 2.23. The van der Waals surface area contributed by atoms with Gasteiger partial charge in [0, 0.05) is 44.1 Å². The summed E-state index contributed by atoms with van der Waals surface area (Å²) in [5, 5.41) is 15.0. The lowest BCUT2D eigenvalue weighted by Crippen LogP contribution is -2.31. The van der Waals surface area contributed by atoms with Gasteiger partial charge in [0.1, 0.15) is 6.61 Å². The number of benzene rings is 3. The second-order valence-corrected chi connectivity index (χ2v) is 9.01. The molecule has 2 N–H and O–H groups in total. The van der Waals surface area contributed by atoms with Crippen LogP contribution in [-0.4, -0.2) is 59.2 Å². The number of ether oxygens (including phenoxy) is 2. The van der Waals surface area contributed by atoms with Gasteiger partial charge in [-0.3, -0.25) is 20.1 Å². The average molecular weight is 548 g/mol. The number of rotatable bonds is 12. The van der Waals surface area contributed by atoms with E-state index in [-0.39, 0.29) is 19.1 Å². The number of anilines is 1. The van der Waals surface area contributed by atoms with Crippen molar-refractivity contribution >= 4 is 40.3 Å². The molecule has 0 bridgehead atoms. The maximum absolute atomic E-state index is 12.4. The molecule has 0 spiro atoms. The molecule has 0 fully saturated rings. The summed E-state index contributed by atoms with van der Waals surface area (Å²) >= 11 is 0. The zero-order chi connectivity index (χ0) is 28.9. The summed E-state index contributed by atoms with van der Waals surface area (Å²) < 4.78 is 9.78. The molecule has 3 rings (SSSR count). The van der Waals surface area contributed by atoms with Gasteiger partial charge in [0.15, 0.2) is 0 Å². The van der Waals surface area contributed by atoms with Gasteiger partial charge in [-0.25, -0.2) is 14.7 Å². The molecule has 0 aromatic heterocycles. The van der Waals surface area contributed by atoms with Crippen LogP contribution in [-0.2, 0) is 37.0 Å². The fraction of sp³-hybridized carbons (Fsp3) is 0.267. The van der Waals surface area contributed by atoms with E-state index < -0.39 is 18.0 Å². The van der Waals surface area contributed by atoms with Crippen molar-refractivity contribution < 1.29 is 33.9 Å². The van der Waals surface area contributed by atoms with Crippen molar-refractivity contribution in [1.82, 2.24) is 9.96 Å². The molecule has 0 atom stereocenters. The second kappa shape index (κ2) is 15.0. The number of nitrogens with one attached hydrogen (secondary N) is 1. The van der Waals surface area contributed by atoms with Gasteiger partial charge in [0.05, 0.1) is 12.8 Å². The molecule has 0 unspecified atom stereocenters. The Hall–Kier alpha value is -4.70. The highest BCUT2D eigenvalue weighted by Gasteiger charge is 2.12. The highest BCUT2D eigenvalue weighted by atomic mass is 16.5. The Morgan fingerprint density at radius 1 is 0.875 bits per heavy atom. The van der Waals surface area contributed by atoms with Crippen LogP contribution in [0.2, 0.25) is 0 Å². The van der Waals surface area contributed by atoms with Gasteiger partial charge < -0.3 is 14.4 Å². The van der Waals surface area contributed by atoms with Gasteiger partial charge in [-0.1, -0.05) is 60.7 Å². The summed E-state index contributed by atoms with van der Waals surface area (Å²) in [6, 6.07) is 20.9.